The number of carboxylic acids is 1. The smallest absolute Gasteiger partial charge is 0.416 e. The molecule has 3 rings (SSSR count). The van der Waals surface area contributed by atoms with Crippen molar-refractivity contribution < 1.29 is 32.7 Å². The first kappa shape index (κ1) is 26.5. The number of carbonyl (C=O) groups excluding carboxylic acids is 2. The van der Waals surface area contributed by atoms with Crippen molar-refractivity contribution >= 4 is 35.0 Å². The normalized spacial score (nSPS) is 12.2. The summed E-state index contributed by atoms with van der Waals surface area (Å²) in [6, 6.07) is 8.85. The molecule has 1 heterocycles. The Bertz CT molecular complexity index is 1340. The summed E-state index contributed by atoms with van der Waals surface area (Å²) in [5.74, 6) is -2.75. The average Bonchev–Trinajstić information content (AvgIpc) is 3.24. The quantitative estimate of drug-likeness (QED) is 0.210. The molecule has 190 valence electrons. The number of alkyl halides is 3. The maximum Gasteiger partial charge on any atom is 0.416 e. The standard InChI is InChI=1S/C25H25F3N4O4/c1-15(2)32-13-29-21-10-18(8-9-22(21)32)30(4)12-19(24(35)36)23(34)31(14-33)11-17-6-5-7-20(16(17)3)25(26,27)28/h5-10,12-15H,11H2,1-4H3,(H,35,36)/b19-12+. The fourth-order valence-electron chi connectivity index (χ4n) is 3.78. The lowest BCUT2D eigenvalue weighted by molar-refractivity contribution is -0.140. The van der Waals surface area contributed by atoms with E-state index in [1.54, 1.807) is 18.5 Å². The van der Waals surface area contributed by atoms with Gasteiger partial charge in [0, 0.05) is 25.0 Å². The Morgan fingerprint density at radius 3 is 2.47 bits per heavy atom. The first-order chi connectivity index (χ1) is 16.8. The predicted molar refractivity (Wildman–Crippen MR) is 127 cm³/mol. The number of amides is 2. The van der Waals surface area contributed by atoms with E-state index in [2.05, 4.69) is 4.98 Å². The fourth-order valence-corrected chi connectivity index (χ4v) is 3.78. The number of rotatable bonds is 8. The number of benzene rings is 2. The molecule has 2 aromatic carbocycles. The van der Waals surface area contributed by atoms with Gasteiger partial charge in [-0.05, 0) is 56.2 Å². The highest BCUT2D eigenvalue weighted by Crippen LogP contribution is 2.33. The van der Waals surface area contributed by atoms with Crippen molar-refractivity contribution in [1.82, 2.24) is 14.5 Å². The van der Waals surface area contributed by atoms with E-state index in [0.717, 1.165) is 23.8 Å². The number of halogens is 3. The van der Waals surface area contributed by atoms with E-state index in [1.165, 1.54) is 24.9 Å². The summed E-state index contributed by atoms with van der Waals surface area (Å²) in [5, 5.41) is 9.67. The number of imide groups is 1. The van der Waals surface area contributed by atoms with Gasteiger partial charge in [0.25, 0.3) is 5.91 Å². The lowest BCUT2D eigenvalue weighted by Gasteiger charge is -2.21. The van der Waals surface area contributed by atoms with Gasteiger partial charge in [-0.2, -0.15) is 13.2 Å². The Balaban J connectivity index is 1.91. The zero-order chi connectivity index (χ0) is 26.8. The molecular formula is C25H25F3N4O4. The summed E-state index contributed by atoms with van der Waals surface area (Å²) in [6.45, 7) is 4.72. The Labute approximate surface area is 205 Å². The van der Waals surface area contributed by atoms with Crippen molar-refractivity contribution in [3.8, 4) is 0 Å². The van der Waals surface area contributed by atoms with Crippen molar-refractivity contribution in [3.63, 3.8) is 0 Å². The molecule has 0 fully saturated rings. The zero-order valence-corrected chi connectivity index (χ0v) is 20.1. The van der Waals surface area contributed by atoms with Gasteiger partial charge in [0.2, 0.25) is 6.41 Å². The van der Waals surface area contributed by atoms with Gasteiger partial charge < -0.3 is 14.6 Å². The molecule has 0 aliphatic rings. The topological polar surface area (TPSA) is 95.7 Å². The van der Waals surface area contributed by atoms with Crippen LogP contribution in [-0.4, -0.2) is 44.9 Å². The molecule has 8 nitrogen and oxygen atoms in total. The Kier molecular flexibility index (Phi) is 7.51. The number of carboxylic acid groups (broad SMARTS) is 1. The second-order valence-corrected chi connectivity index (χ2v) is 8.50. The number of aromatic nitrogens is 2. The van der Waals surface area contributed by atoms with Crippen LogP contribution < -0.4 is 4.90 Å². The molecule has 3 aromatic rings. The Hall–Kier alpha value is -4.15. The number of anilines is 1. The molecule has 0 saturated carbocycles. The molecule has 0 atom stereocenters. The van der Waals surface area contributed by atoms with Crippen LogP contribution in [-0.2, 0) is 27.1 Å². The summed E-state index contributed by atoms with van der Waals surface area (Å²) in [6.07, 6.45) is -1.76. The number of hydrogen-bond donors (Lipinski definition) is 1. The number of fused-ring (bicyclic) bond motifs is 1. The summed E-state index contributed by atoms with van der Waals surface area (Å²) in [7, 11) is 1.53. The van der Waals surface area contributed by atoms with Crippen LogP contribution in [0.1, 0.15) is 36.6 Å². The summed E-state index contributed by atoms with van der Waals surface area (Å²) >= 11 is 0. The molecule has 0 bridgehead atoms. The van der Waals surface area contributed by atoms with E-state index in [4.69, 9.17) is 0 Å². The lowest BCUT2D eigenvalue weighted by Crippen LogP contribution is -2.34. The largest absolute Gasteiger partial charge is 0.477 e. The van der Waals surface area contributed by atoms with Crippen LogP contribution in [0.15, 0.2) is 54.5 Å². The lowest BCUT2D eigenvalue weighted by atomic mass is 10.0. The minimum atomic E-state index is -4.61. The average molecular weight is 502 g/mol. The molecule has 2 amide bonds. The van der Waals surface area contributed by atoms with Gasteiger partial charge in [-0.3, -0.25) is 14.5 Å². The SMILES string of the molecule is Cc1c(CN(C=O)C(=O)/C(=C\N(C)c2ccc3c(c2)ncn3C(C)C)C(=O)O)cccc1C(F)(F)F. The maximum absolute atomic E-state index is 13.2. The number of aliphatic carboxylic acids is 1. The minimum Gasteiger partial charge on any atom is -0.477 e. The molecule has 0 radical (unpaired) electrons. The third-order valence-corrected chi connectivity index (χ3v) is 5.79. The molecule has 36 heavy (non-hydrogen) atoms. The van der Waals surface area contributed by atoms with Gasteiger partial charge >= 0.3 is 12.1 Å². The molecule has 1 N–H and O–H groups in total. The molecule has 11 heteroatoms. The van der Waals surface area contributed by atoms with Crippen molar-refractivity contribution in [1.29, 1.82) is 0 Å². The highest BCUT2D eigenvalue weighted by Gasteiger charge is 2.33. The number of carbonyl (C=O) groups is 3. The van der Waals surface area contributed by atoms with Crippen LogP contribution in [0.4, 0.5) is 18.9 Å². The van der Waals surface area contributed by atoms with Crippen LogP contribution in [0.3, 0.4) is 0 Å². The van der Waals surface area contributed by atoms with Crippen LogP contribution in [0.5, 0.6) is 0 Å². The Morgan fingerprint density at radius 2 is 1.89 bits per heavy atom. The van der Waals surface area contributed by atoms with Gasteiger partial charge in [-0.1, -0.05) is 12.1 Å². The van der Waals surface area contributed by atoms with Gasteiger partial charge in [-0.25, -0.2) is 9.78 Å². The number of hydrogen-bond acceptors (Lipinski definition) is 5. The highest BCUT2D eigenvalue weighted by atomic mass is 19.4. The summed E-state index contributed by atoms with van der Waals surface area (Å²) in [4.78, 5) is 42.8. The molecule has 0 unspecified atom stereocenters. The van der Waals surface area contributed by atoms with Crippen molar-refractivity contribution in [2.75, 3.05) is 11.9 Å². The first-order valence-electron chi connectivity index (χ1n) is 10.9. The molecule has 0 aliphatic carbocycles. The fraction of sp³-hybridized carbons (Fsp3) is 0.280. The summed E-state index contributed by atoms with van der Waals surface area (Å²) in [5.41, 5.74) is 0.355. The van der Waals surface area contributed by atoms with Gasteiger partial charge in [0.15, 0.2) is 0 Å². The molecular weight excluding hydrogens is 477 g/mol. The monoisotopic (exact) mass is 502 g/mol. The molecule has 0 spiro atoms. The van der Waals surface area contributed by atoms with Gasteiger partial charge in [-0.15, -0.1) is 0 Å². The van der Waals surface area contributed by atoms with Gasteiger partial charge in [0.05, 0.1) is 29.5 Å². The van der Waals surface area contributed by atoms with E-state index in [0.29, 0.717) is 16.1 Å². The van der Waals surface area contributed by atoms with E-state index < -0.39 is 35.7 Å². The van der Waals surface area contributed by atoms with Crippen molar-refractivity contribution in [2.24, 2.45) is 0 Å². The third kappa shape index (κ3) is 5.40. The molecule has 0 aliphatic heterocycles. The number of imidazole rings is 1. The van der Waals surface area contributed by atoms with E-state index >= 15 is 0 Å². The molecule has 0 saturated heterocycles. The third-order valence-electron chi connectivity index (χ3n) is 5.79. The van der Waals surface area contributed by atoms with Crippen molar-refractivity contribution in [2.45, 2.75) is 39.5 Å². The first-order valence-corrected chi connectivity index (χ1v) is 10.9. The van der Waals surface area contributed by atoms with Crippen LogP contribution in [0.2, 0.25) is 0 Å². The highest BCUT2D eigenvalue weighted by molar-refractivity contribution is 6.18. The van der Waals surface area contributed by atoms with Crippen molar-refractivity contribution in [3.05, 3.63) is 71.2 Å². The molecule has 1 aromatic heterocycles. The van der Waals surface area contributed by atoms with Crippen LogP contribution in [0.25, 0.3) is 11.0 Å². The number of nitrogens with zero attached hydrogens (tertiary/aromatic N) is 4. The van der Waals surface area contributed by atoms with E-state index in [-0.39, 0.29) is 23.6 Å². The van der Waals surface area contributed by atoms with E-state index in [9.17, 15) is 32.7 Å². The van der Waals surface area contributed by atoms with Crippen LogP contribution >= 0.6 is 0 Å². The zero-order valence-electron chi connectivity index (χ0n) is 20.1. The second-order valence-electron chi connectivity index (χ2n) is 8.50. The Morgan fingerprint density at radius 1 is 1.19 bits per heavy atom. The second kappa shape index (κ2) is 10.2. The maximum atomic E-state index is 13.2. The van der Waals surface area contributed by atoms with Crippen LogP contribution in [0, 0.1) is 6.92 Å². The minimum absolute atomic E-state index is 0.0644. The predicted octanol–water partition coefficient (Wildman–Crippen LogP) is 4.53. The summed E-state index contributed by atoms with van der Waals surface area (Å²) < 4.78 is 41.7. The van der Waals surface area contributed by atoms with E-state index in [1.807, 2.05) is 24.5 Å². The van der Waals surface area contributed by atoms with Gasteiger partial charge in [0.1, 0.15) is 5.57 Å².